The Morgan fingerprint density at radius 1 is 0.920 bits per heavy atom. The van der Waals surface area contributed by atoms with E-state index in [9.17, 15) is 0 Å². The summed E-state index contributed by atoms with van der Waals surface area (Å²) in [5, 5.41) is 15.9. The molecular formula is C17H18Cl2N4O2. The lowest BCUT2D eigenvalue weighted by Gasteiger charge is -2.08. The van der Waals surface area contributed by atoms with Gasteiger partial charge in [0.25, 0.3) is 0 Å². The average Bonchev–Trinajstić information content (AvgIpc) is 2.96. The first kappa shape index (κ1) is 20.3. The Bertz CT molecular complexity index is 938. The standard InChI is InChI=1S/C17H16N4O2.2ClH/c1-22-14-7-10(17(20)21)2-4-12(14)15-8-11-6-9(16(18)19)3-5-13(11)23-15;;/h2-8H,1H3,(H3,18,19)(H3,20,21);2*1H. The summed E-state index contributed by atoms with van der Waals surface area (Å²) in [6.45, 7) is 0. The van der Waals surface area contributed by atoms with E-state index in [1.807, 2.05) is 6.07 Å². The van der Waals surface area contributed by atoms with E-state index < -0.39 is 0 Å². The van der Waals surface area contributed by atoms with Gasteiger partial charge in [0.15, 0.2) is 0 Å². The normalized spacial score (nSPS) is 9.80. The predicted molar refractivity (Wildman–Crippen MR) is 105 cm³/mol. The lowest BCUT2D eigenvalue weighted by atomic mass is 10.1. The van der Waals surface area contributed by atoms with Crippen LogP contribution in [0, 0.1) is 10.8 Å². The third kappa shape index (κ3) is 3.87. The molecule has 0 saturated heterocycles. The van der Waals surface area contributed by atoms with Crippen molar-refractivity contribution < 1.29 is 9.15 Å². The number of methoxy groups -OCH3 is 1. The maximum atomic E-state index is 7.50. The Morgan fingerprint density at radius 2 is 1.52 bits per heavy atom. The van der Waals surface area contributed by atoms with E-state index >= 15 is 0 Å². The third-order valence-electron chi connectivity index (χ3n) is 3.61. The van der Waals surface area contributed by atoms with Crippen LogP contribution in [0.5, 0.6) is 5.75 Å². The molecule has 2 aromatic carbocycles. The molecule has 0 aliphatic carbocycles. The van der Waals surface area contributed by atoms with Crippen LogP contribution in [0.4, 0.5) is 0 Å². The predicted octanol–water partition coefficient (Wildman–Crippen LogP) is 3.52. The lowest BCUT2D eigenvalue weighted by Crippen LogP contribution is -2.11. The molecule has 0 aliphatic rings. The van der Waals surface area contributed by atoms with Gasteiger partial charge in [-0.2, -0.15) is 0 Å². The molecule has 0 fully saturated rings. The van der Waals surface area contributed by atoms with Crippen LogP contribution < -0.4 is 16.2 Å². The van der Waals surface area contributed by atoms with Gasteiger partial charge in [-0.1, -0.05) is 6.07 Å². The number of hydrogen-bond donors (Lipinski definition) is 4. The van der Waals surface area contributed by atoms with E-state index in [2.05, 4.69) is 0 Å². The first-order chi connectivity index (χ1) is 11.0. The molecule has 6 nitrogen and oxygen atoms in total. The summed E-state index contributed by atoms with van der Waals surface area (Å²) >= 11 is 0. The Morgan fingerprint density at radius 3 is 2.12 bits per heavy atom. The fourth-order valence-corrected chi connectivity index (χ4v) is 2.41. The number of nitrogens with two attached hydrogens (primary N) is 2. The van der Waals surface area contributed by atoms with Crippen LogP contribution in [0.3, 0.4) is 0 Å². The van der Waals surface area contributed by atoms with Gasteiger partial charge in [-0.25, -0.2) is 0 Å². The van der Waals surface area contributed by atoms with Crippen molar-refractivity contribution in [2.75, 3.05) is 7.11 Å². The summed E-state index contributed by atoms with van der Waals surface area (Å²) in [6.07, 6.45) is 0. The van der Waals surface area contributed by atoms with E-state index in [1.54, 1.807) is 43.5 Å². The second-order valence-corrected chi connectivity index (χ2v) is 5.11. The smallest absolute Gasteiger partial charge is 0.139 e. The molecule has 25 heavy (non-hydrogen) atoms. The van der Waals surface area contributed by atoms with Crippen LogP contribution >= 0.6 is 24.8 Å². The number of halogens is 2. The number of ether oxygens (including phenoxy) is 1. The molecule has 0 radical (unpaired) electrons. The molecule has 0 bridgehead atoms. The Hall–Kier alpha value is -2.70. The van der Waals surface area contributed by atoms with Crippen molar-refractivity contribution in [3.63, 3.8) is 0 Å². The highest BCUT2D eigenvalue weighted by atomic mass is 35.5. The molecule has 0 saturated carbocycles. The number of hydrogen-bond acceptors (Lipinski definition) is 4. The quantitative estimate of drug-likeness (QED) is 0.408. The molecule has 0 unspecified atom stereocenters. The number of furan rings is 1. The lowest BCUT2D eigenvalue weighted by molar-refractivity contribution is 0.415. The summed E-state index contributed by atoms with van der Waals surface area (Å²) in [7, 11) is 1.55. The van der Waals surface area contributed by atoms with E-state index in [-0.39, 0.29) is 36.5 Å². The number of fused-ring (bicyclic) bond motifs is 1. The van der Waals surface area contributed by atoms with Crippen LogP contribution in [0.15, 0.2) is 46.9 Å². The Kier molecular flexibility index (Phi) is 6.44. The van der Waals surface area contributed by atoms with Crippen LogP contribution in [-0.2, 0) is 0 Å². The highest BCUT2D eigenvalue weighted by Gasteiger charge is 2.13. The van der Waals surface area contributed by atoms with Gasteiger partial charge in [0.05, 0.1) is 12.7 Å². The fraction of sp³-hybridized carbons (Fsp3) is 0.0588. The van der Waals surface area contributed by atoms with Gasteiger partial charge in [-0.15, -0.1) is 24.8 Å². The molecule has 1 aromatic heterocycles. The molecule has 0 spiro atoms. The monoisotopic (exact) mass is 380 g/mol. The highest BCUT2D eigenvalue weighted by molar-refractivity contribution is 5.99. The molecule has 3 rings (SSSR count). The van der Waals surface area contributed by atoms with Crippen molar-refractivity contribution in [1.29, 1.82) is 10.8 Å². The average molecular weight is 381 g/mol. The largest absolute Gasteiger partial charge is 0.496 e. The van der Waals surface area contributed by atoms with Crippen LogP contribution in [0.25, 0.3) is 22.3 Å². The zero-order valence-electron chi connectivity index (χ0n) is 13.3. The maximum absolute atomic E-state index is 7.50. The van der Waals surface area contributed by atoms with Crippen molar-refractivity contribution in [1.82, 2.24) is 0 Å². The van der Waals surface area contributed by atoms with E-state index in [4.69, 9.17) is 31.4 Å². The second kappa shape index (κ2) is 7.92. The van der Waals surface area contributed by atoms with E-state index in [0.717, 1.165) is 10.9 Å². The van der Waals surface area contributed by atoms with Crippen molar-refractivity contribution in [2.45, 2.75) is 0 Å². The number of nitrogen functional groups attached to an aromatic ring is 2. The van der Waals surface area contributed by atoms with Crippen LogP contribution in [0.2, 0.25) is 0 Å². The highest BCUT2D eigenvalue weighted by Crippen LogP contribution is 2.35. The minimum Gasteiger partial charge on any atom is -0.496 e. The molecule has 1 heterocycles. The van der Waals surface area contributed by atoms with Gasteiger partial charge in [0.1, 0.15) is 28.8 Å². The van der Waals surface area contributed by atoms with Gasteiger partial charge in [-0.05, 0) is 36.4 Å². The van der Waals surface area contributed by atoms with Gasteiger partial charge < -0.3 is 20.6 Å². The van der Waals surface area contributed by atoms with Crippen molar-refractivity contribution in [3.05, 3.63) is 53.6 Å². The van der Waals surface area contributed by atoms with Gasteiger partial charge in [-0.3, -0.25) is 10.8 Å². The first-order valence-corrected chi connectivity index (χ1v) is 6.90. The van der Waals surface area contributed by atoms with Crippen LogP contribution in [-0.4, -0.2) is 18.8 Å². The topological polar surface area (TPSA) is 122 Å². The number of amidine groups is 2. The molecule has 8 heteroatoms. The minimum atomic E-state index is -0.0226. The first-order valence-electron chi connectivity index (χ1n) is 6.90. The van der Waals surface area contributed by atoms with Crippen molar-refractivity contribution in [2.24, 2.45) is 11.5 Å². The summed E-state index contributed by atoms with van der Waals surface area (Å²) in [5.74, 6) is 1.19. The number of benzene rings is 2. The summed E-state index contributed by atoms with van der Waals surface area (Å²) < 4.78 is 11.2. The van der Waals surface area contributed by atoms with Gasteiger partial charge in [0.2, 0.25) is 0 Å². The molecule has 6 N–H and O–H groups in total. The molecule has 132 valence electrons. The van der Waals surface area contributed by atoms with E-state index in [1.165, 1.54) is 0 Å². The van der Waals surface area contributed by atoms with Gasteiger partial charge >= 0.3 is 0 Å². The number of nitrogens with one attached hydrogen (secondary N) is 2. The Labute approximate surface area is 157 Å². The molecule has 0 atom stereocenters. The zero-order chi connectivity index (χ0) is 16.6. The maximum Gasteiger partial charge on any atom is 0.139 e. The summed E-state index contributed by atoms with van der Waals surface area (Å²) in [4.78, 5) is 0. The SMILES string of the molecule is COc1cc(C(=N)N)ccc1-c1cc2cc(C(=N)N)ccc2o1.Cl.Cl. The summed E-state index contributed by atoms with van der Waals surface area (Å²) in [5.41, 5.74) is 13.7. The molecule has 0 amide bonds. The van der Waals surface area contributed by atoms with E-state index in [0.29, 0.717) is 28.2 Å². The third-order valence-corrected chi connectivity index (χ3v) is 3.61. The molecular weight excluding hydrogens is 363 g/mol. The zero-order valence-corrected chi connectivity index (χ0v) is 15.0. The Balaban J connectivity index is 0.00000156. The molecule has 0 aliphatic heterocycles. The van der Waals surface area contributed by atoms with Crippen LogP contribution in [0.1, 0.15) is 11.1 Å². The van der Waals surface area contributed by atoms with Crippen molar-refractivity contribution >= 4 is 47.5 Å². The van der Waals surface area contributed by atoms with Crippen molar-refractivity contribution in [3.8, 4) is 17.1 Å². The second-order valence-electron chi connectivity index (χ2n) is 5.11. The minimum absolute atomic E-state index is 0. The number of rotatable bonds is 4. The summed E-state index contributed by atoms with van der Waals surface area (Å²) in [6, 6.07) is 12.5. The molecule has 3 aromatic rings. The van der Waals surface area contributed by atoms with Gasteiger partial charge in [0, 0.05) is 16.5 Å². The fourth-order valence-electron chi connectivity index (χ4n) is 2.41.